The van der Waals surface area contributed by atoms with Gasteiger partial charge in [-0.3, -0.25) is 0 Å². The highest BCUT2D eigenvalue weighted by Crippen LogP contribution is 2.23. The molecular formula is C8H12BNO4. The minimum atomic E-state index is -1.86. The summed E-state index contributed by atoms with van der Waals surface area (Å²) in [6.45, 7) is 2.47. The van der Waals surface area contributed by atoms with Gasteiger partial charge < -0.3 is 19.4 Å². The van der Waals surface area contributed by atoms with Crippen LogP contribution in [0.2, 0.25) is 0 Å². The lowest BCUT2D eigenvalue weighted by molar-refractivity contribution is 0.260. The van der Waals surface area contributed by atoms with Crippen LogP contribution in [0.5, 0.6) is 11.6 Å². The summed E-state index contributed by atoms with van der Waals surface area (Å²) in [7, 11) is -1.86. The van der Waals surface area contributed by atoms with Crippen molar-refractivity contribution in [3.63, 3.8) is 0 Å². The van der Waals surface area contributed by atoms with Crippen LogP contribution >= 0.6 is 0 Å². The molecule has 6 heteroatoms. The van der Waals surface area contributed by atoms with Crippen LogP contribution in [-0.2, 0) is 0 Å². The normalized spacial score (nSPS) is 9.64. The van der Waals surface area contributed by atoms with Crippen LogP contribution in [0.1, 0.15) is 13.3 Å². The molecule has 0 bridgehead atoms. The quantitative estimate of drug-likeness (QED) is 0.660. The van der Waals surface area contributed by atoms with Crippen molar-refractivity contribution in [3.8, 4) is 11.6 Å². The van der Waals surface area contributed by atoms with Crippen molar-refractivity contribution in [1.82, 2.24) is 4.98 Å². The standard InChI is InChI=1S/C8H12BNO4/c1-2-6-13-8-7(14-9(11)12)4-3-5-10-8/h3-5,11-12H,2,6H2,1H3. The van der Waals surface area contributed by atoms with E-state index in [0.717, 1.165) is 6.42 Å². The van der Waals surface area contributed by atoms with Crippen LogP contribution < -0.4 is 9.39 Å². The first kappa shape index (κ1) is 10.8. The summed E-state index contributed by atoms with van der Waals surface area (Å²) in [6, 6.07) is 3.17. The fourth-order valence-corrected chi connectivity index (χ4v) is 0.886. The van der Waals surface area contributed by atoms with E-state index < -0.39 is 7.32 Å². The van der Waals surface area contributed by atoms with E-state index in [1.807, 2.05) is 6.92 Å². The number of hydrogen-bond acceptors (Lipinski definition) is 5. The summed E-state index contributed by atoms with van der Waals surface area (Å²) in [5.74, 6) is 0.485. The van der Waals surface area contributed by atoms with E-state index in [1.54, 1.807) is 18.3 Å². The molecule has 0 aliphatic heterocycles. The second-order valence-electron chi connectivity index (χ2n) is 2.60. The highest BCUT2D eigenvalue weighted by atomic mass is 16.6. The van der Waals surface area contributed by atoms with Gasteiger partial charge in [-0.15, -0.1) is 0 Å². The molecule has 0 saturated heterocycles. The van der Waals surface area contributed by atoms with Gasteiger partial charge in [0.15, 0.2) is 5.75 Å². The minimum Gasteiger partial charge on any atom is -0.508 e. The van der Waals surface area contributed by atoms with Crippen molar-refractivity contribution in [2.75, 3.05) is 6.61 Å². The third-order valence-corrected chi connectivity index (χ3v) is 1.41. The van der Waals surface area contributed by atoms with Crippen LogP contribution in [0.15, 0.2) is 18.3 Å². The van der Waals surface area contributed by atoms with Crippen LogP contribution in [0.4, 0.5) is 0 Å². The molecule has 1 aromatic rings. The maximum Gasteiger partial charge on any atom is 0.707 e. The van der Waals surface area contributed by atoms with Crippen molar-refractivity contribution in [2.45, 2.75) is 13.3 Å². The number of ether oxygens (including phenoxy) is 1. The summed E-state index contributed by atoms with van der Waals surface area (Å²) >= 11 is 0. The number of nitrogens with zero attached hydrogens (tertiary/aromatic N) is 1. The molecule has 76 valence electrons. The molecule has 5 nitrogen and oxygen atoms in total. The molecule has 0 aliphatic carbocycles. The van der Waals surface area contributed by atoms with Gasteiger partial charge in [0.2, 0.25) is 0 Å². The van der Waals surface area contributed by atoms with E-state index in [1.165, 1.54) is 0 Å². The van der Waals surface area contributed by atoms with Gasteiger partial charge in [0.05, 0.1) is 6.61 Å². The zero-order valence-corrected chi connectivity index (χ0v) is 7.88. The molecule has 1 aromatic heterocycles. The van der Waals surface area contributed by atoms with Crippen LogP contribution in [0.3, 0.4) is 0 Å². The highest BCUT2D eigenvalue weighted by Gasteiger charge is 2.15. The summed E-state index contributed by atoms with van der Waals surface area (Å²) in [5.41, 5.74) is 0. The van der Waals surface area contributed by atoms with Crippen molar-refractivity contribution in [2.24, 2.45) is 0 Å². The average Bonchev–Trinajstić information content (AvgIpc) is 2.16. The van der Waals surface area contributed by atoms with E-state index in [2.05, 4.69) is 9.64 Å². The Morgan fingerprint density at radius 2 is 2.29 bits per heavy atom. The van der Waals surface area contributed by atoms with E-state index in [-0.39, 0.29) is 11.6 Å². The van der Waals surface area contributed by atoms with Gasteiger partial charge in [0.25, 0.3) is 5.88 Å². The van der Waals surface area contributed by atoms with Gasteiger partial charge in [-0.1, -0.05) is 6.92 Å². The maximum absolute atomic E-state index is 8.61. The predicted octanol–water partition coefficient (Wildman–Crippen LogP) is 0.219. The monoisotopic (exact) mass is 197 g/mol. The number of pyridine rings is 1. The van der Waals surface area contributed by atoms with E-state index in [0.29, 0.717) is 6.61 Å². The molecule has 0 spiro atoms. The second-order valence-corrected chi connectivity index (χ2v) is 2.60. The Balaban J connectivity index is 2.69. The van der Waals surface area contributed by atoms with E-state index >= 15 is 0 Å². The molecule has 0 saturated carbocycles. The fraction of sp³-hybridized carbons (Fsp3) is 0.375. The van der Waals surface area contributed by atoms with Gasteiger partial charge in [-0.05, 0) is 18.6 Å². The summed E-state index contributed by atoms with van der Waals surface area (Å²) in [6.07, 6.45) is 2.39. The van der Waals surface area contributed by atoms with Gasteiger partial charge in [0.1, 0.15) is 0 Å². The lowest BCUT2D eigenvalue weighted by Gasteiger charge is -2.09. The Morgan fingerprint density at radius 1 is 1.50 bits per heavy atom. The van der Waals surface area contributed by atoms with Crippen molar-refractivity contribution < 1.29 is 19.4 Å². The smallest absolute Gasteiger partial charge is 0.508 e. The summed E-state index contributed by atoms with van der Waals surface area (Å²) in [4.78, 5) is 3.90. The molecule has 1 rings (SSSR count). The Kier molecular flexibility index (Phi) is 4.22. The first-order chi connectivity index (χ1) is 6.74. The Labute approximate surface area is 82.5 Å². The van der Waals surface area contributed by atoms with Crippen molar-refractivity contribution >= 4 is 7.32 Å². The molecule has 0 amide bonds. The van der Waals surface area contributed by atoms with Gasteiger partial charge in [-0.25, -0.2) is 4.98 Å². The number of aromatic nitrogens is 1. The SMILES string of the molecule is CCCOc1ncccc1OB(O)O. The van der Waals surface area contributed by atoms with Crippen LogP contribution in [0, 0.1) is 0 Å². The van der Waals surface area contributed by atoms with Gasteiger partial charge in [0, 0.05) is 6.20 Å². The zero-order valence-electron chi connectivity index (χ0n) is 7.88. The second kappa shape index (κ2) is 5.46. The molecule has 0 aliphatic rings. The van der Waals surface area contributed by atoms with Crippen molar-refractivity contribution in [1.29, 1.82) is 0 Å². The van der Waals surface area contributed by atoms with E-state index in [4.69, 9.17) is 14.8 Å². The maximum atomic E-state index is 8.61. The number of hydrogen-bond donors (Lipinski definition) is 2. The fourth-order valence-electron chi connectivity index (χ4n) is 0.886. The van der Waals surface area contributed by atoms with Crippen LogP contribution in [0.25, 0.3) is 0 Å². The third-order valence-electron chi connectivity index (χ3n) is 1.41. The van der Waals surface area contributed by atoms with Gasteiger partial charge >= 0.3 is 7.32 Å². The molecule has 0 aromatic carbocycles. The predicted molar refractivity (Wildman–Crippen MR) is 50.8 cm³/mol. The Bertz CT molecular complexity index is 282. The highest BCUT2D eigenvalue weighted by molar-refractivity contribution is 6.33. The first-order valence-electron chi connectivity index (χ1n) is 4.34. The Hall–Kier alpha value is -1.27. The largest absolute Gasteiger partial charge is 0.707 e. The topological polar surface area (TPSA) is 71.8 Å². The third kappa shape index (κ3) is 3.23. The van der Waals surface area contributed by atoms with Crippen molar-refractivity contribution in [3.05, 3.63) is 18.3 Å². The molecule has 2 N–H and O–H groups in total. The minimum absolute atomic E-state index is 0.218. The molecule has 0 fully saturated rings. The molecule has 0 unspecified atom stereocenters. The molecule has 1 heterocycles. The molecule has 0 atom stereocenters. The molecule has 0 radical (unpaired) electrons. The average molecular weight is 197 g/mol. The molecule has 14 heavy (non-hydrogen) atoms. The van der Waals surface area contributed by atoms with E-state index in [9.17, 15) is 0 Å². The van der Waals surface area contributed by atoms with Crippen LogP contribution in [-0.4, -0.2) is 29.0 Å². The molecular weight excluding hydrogens is 185 g/mol. The first-order valence-corrected chi connectivity index (χ1v) is 4.34. The zero-order chi connectivity index (χ0) is 10.4. The lowest BCUT2D eigenvalue weighted by Crippen LogP contribution is -2.21. The summed E-state index contributed by atoms with van der Waals surface area (Å²) < 4.78 is 9.89. The lowest BCUT2D eigenvalue weighted by atomic mass is 10.2. The summed E-state index contributed by atoms with van der Waals surface area (Å²) in [5, 5.41) is 17.2. The van der Waals surface area contributed by atoms with Gasteiger partial charge in [-0.2, -0.15) is 0 Å². The number of rotatable bonds is 5. The Morgan fingerprint density at radius 3 is 2.93 bits per heavy atom.